The van der Waals surface area contributed by atoms with Gasteiger partial charge in [-0.3, -0.25) is 4.99 Å². The zero-order valence-corrected chi connectivity index (χ0v) is 20.9. The predicted octanol–water partition coefficient (Wildman–Crippen LogP) is 6.62. The normalized spacial score (nSPS) is 29.7. The first-order valence-corrected chi connectivity index (χ1v) is 14.1. The molecule has 4 atom stereocenters. The molecule has 1 aliphatic carbocycles. The van der Waals surface area contributed by atoms with Gasteiger partial charge in [-0.15, -0.1) is 23.5 Å². The lowest BCUT2D eigenvalue weighted by Crippen LogP contribution is -2.41. The molecule has 32 heavy (non-hydrogen) atoms. The van der Waals surface area contributed by atoms with Crippen LogP contribution in [0.4, 0.5) is 0 Å². The van der Waals surface area contributed by atoms with E-state index in [0.717, 1.165) is 23.2 Å². The lowest BCUT2D eigenvalue weighted by Gasteiger charge is -2.50. The summed E-state index contributed by atoms with van der Waals surface area (Å²) in [5.74, 6) is 3.07. The van der Waals surface area contributed by atoms with Crippen LogP contribution in [-0.4, -0.2) is 33.9 Å². The van der Waals surface area contributed by atoms with E-state index in [9.17, 15) is 0 Å². The number of methoxy groups -OCH3 is 1. The molecule has 2 N–H and O–H groups in total. The van der Waals surface area contributed by atoms with Gasteiger partial charge >= 0.3 is 0 Å². The maximum Gasteiger partial charge on any atom is 0.154 e. The maximum absolute atomic E-state index is 5.96. The molecule has 0 radical (unpaired) electrons. The molecule has 0 bridgehead atoms. The number of nitrogens with two attached hydrogens (primary N) is 1. The van der Waals surface area contributed by atoms with Gasteiger partial charge in [0.25, 0.3) is 0 Å². The first-order valence-electron chi connectivity index (χ1n) is 11.4. The average molecular weight is 483 g/mol. The van der Waals surface area contributed by atoms with Crippen LogP contribution in [0.5, 0.6) is 5.75 Å². The summed E-state index contributed by atoms with van der Waals surface area (Å²) in [6, 6.07) is 19.7. The molecule has 2 aromatic rings. The molecule has 2 aliphatic heterocycles. The number of allylic oxidation sites excluding steroid dienone is 1. The van der Waals surface area contributed by atoms with Gasteiger partial charge in [-0.05, 0) is 42.0 Å². The fraction of sp³-hybridized carbons (Fsp3) is 0.423. The summed E-state index contributed by atoms with van der Waals surface area (Å²) < 4.78 is 5.63. The molecule has 0 amide bonds. The molecular weight excluding hydrogens is 453 g/mol. The zero-order chi connectivity index (χ0) is 22.0. The van der Waals surface area contributed by atoms with Crippen LogP contribution in [0.1, 0.15) is 42.7 Å². The van der Waals surface area contributed by atoms with Crippen molar-refractivity contribution in [1.29, 1.82) is 0 Å². The topological polar surface area (TPSA) is 47.6 Å². The van der Waals surface area contributed by atoms with E-state index < -0.39 is 0 Å². The summed E-state index contributed by atoms with van der Waals surface area (Å²) >= 11 is 6.07. The number of rotatable bonds is 6. The van der Waals surface area contributed by atoms with E-state index in [1.807, 2.05) is 0 Å². The molecule has 168 valence electrons. The number of thioether (sulfide) groups is 3. The SMILES string of the molecule is COc1ccc([C@@H]2C=C(c3ccccc3)S[C@]3(SC[C@H]4CN=C(N)S4)CCCC[C@@H]23)cc1. The number of aliphatic imine (C=N–C) groups is 1. The van der Waals surface area contributed by atoms with Crippen LogP contribution in [-0.2, 0) is 0 Å². The first kappa shape index (κ1) is 22.3. The first-order chi connectivity index (χ1) is 15.7. The molecule has 1 saturated carbocycles. The number of fused-ring (bicyclic) bond motifs is 1. The van der Waals surface area contributed by atoms with Crippen molar-refractivity contribution in [2.75, 3.05) is 19.4 Å². The number of nitrogens with zero attached hydrogens (tertiary/aromatic N) is 1. The number of amidine groups is 1. The highest BCUT2D eigenvalue weighted by molar-refractivity contribution is 8.23. The Morgan fingerprint density at radius 3 is 2.66 bits per heavy atom. The predicted molar refractivity (Wildman–Crippen MR) is 143 cm³/mol. The second kappa shape index (κ2) is 9.78. The summed E-state index contributed by atoms with van der Waals surface area (Å²) in [6.07, 6.45) is 7.72. The minimum Gasteiger partial charge on any atom is -0.497 e. The number of ether oxygens (including phenoxy) is 1. The summed E-state index contributed by atoms with van der Waals surface area (Å²) in [5, 5.41) is 1.26. The van der Waals surface area contributed by atoms with Crippen LogP contribution in [0.3, 0.4) is 0 Å². The van der Waals surface area contributed by atoms with Gasteiger partial charge in [0.05, 0.1) is 17.7 Å². The number of hydrogen-bond donors (Lipinski definition) is 1. The van der Waals surface area contributed by atoms with Crippen LogP contribution >= 0.6 is 35.3 Å². The fourth-order valence-corrected chi connectivity index (χ4v) is 9.77. The van der Waals surface area contributed by atoms with Gasteiger partial charge in [-0.1, -0.05) is 73.1 Å². The van der Waals surface area contributed by atoms with E-state index in [1.165, 1.54) is 41.7 Å². The van der Waals surface area contributed by atoms with Crippen LogP contribution in [0.25, 0.3) is 4.91 Å². The molecule has 0 saturated heterocycles. The third kappa shape index (κ3) is 4.59. The van der Waals surface area contributed by atoms with E-state index in [1.54, 1.807) is 18.9 Å². The summed E-state index contributed by atoms with van der Waals surface area (Å²) in [7, 11) is 1.74. The van der Waals surface area contributed by atoms with Gasteiger partial charge in [0.2, 0.25) is 0 Å². The Hall–Kier alpha value is -1.50. The largest absolute Gasteiger partial charge is 0.497 e. The van der Waals surface area contributed by atoms with Crippen molar-refractivity contribution in [2.45, 2.75) is 40.9 Å². The molecule has 0 aromatic heterocycles. The van der Waals surface area contributed by atoms with Gasteiger partial charge in [-0.2, -0.15) is 0 Å². The molecule has 0 spiro atoms. The highest BCUT2D eigenvalue weighted by atomic mass is 32.2. The molecular formula is C26H30N2OS3. The maximum atomic E-state index is 5.96. The van der Waals surface area contributed by atoms with Crippen LogP contribution < -0.4 is 10.5 Å². The minimum atomic E-state index is 0.195. The van der Waals surface area contributed by atoms with Gasteiger partial charge in [-0.25, -0.2) is 0 Å². The van der Waals surface area contributed by atoms with Crippen molar-refractivity contribution >= 4 is 45.4 Å². The molecule has 2 aromatic carbocycles. The van der Waals surface area contributed by atoms with Crippen LogP contribution in [0, 0.1) is 5.92 Å². The van der Waals surface area contributed by atoms with Crippen LogP contribution in [0.15, 0.2) is 65.7 Å². The van der Waals surface area contributed by atoms with Crippen molar-refractivity contribution in [1.82, 2.24) is 0 Å². The van der Waals surface area contributed by atoms with Crippen LogP contribution in [0.2, 0.25) is 0 Å². The zero-order valence-electron chi connectivity index (χ0n) is 18.4. The average Bonchev–Trinajstić information content (AvgIpc) is 3.28. The second-order valence-corrected chi connectivity index (χ2v) is 13.0. The minimum absolute atomic E-state index is 0.195. The Bertz CT molecular complexity index is 992. The van der Waals surface area contributed by atoms with Crippen molar-refractivity contribution in [3.05, 3.63) is 71.8 Å². The summed E-state index contributed by atoms with van der Waals surface area (Å²) in [4.78, 5) is 5.86. The monoisotopic (exact) mass is 482 g/mol. The Labute approximate surface area is 204 Å². The Morgan fingerprint density at radius 1 is 1.12 bits per heavy atom. The van der Waals surface area contributed by atoms with Crippen molar-refractivity contribution in [3.63, 3.8) is 0 Å². The molecule has 3 nitrogen and oxygen atoms in total. The lowest BCUT2D eigenvalue weighted by molar-refractivity contribution is 0.320. The van der Waals surface area contributed by atoms with Gasteiger partial charge in [0, 0.05) is 21.8 Å². The highest BCUT2D eigenvalue weighted by Gasteiger charge is 2.49. The third-order valence-electron chi connectivity index (χ3n) is 6.71. The van der Waals surface area contributed by atoms with E-state index >= 15 is 0 Å². The second-order valence-electron chi connectivity index (χ2n) is 8.69. The van der Waals surface area contributed by atoms with Gasteiger partial charge in [0.1, 0.15) is 5.75 Å². The van der Waals surface area contributed by atoms with Crippen molar-refractivity contribution in [3.8, 4) is 5.75 Å². The van der Waals surface area contributed by atoms with E-state index in [2.05, 4.69) is 89.2 Å². The molecule has 3 aliphatic rings. The standard InChI is InChI=1S/C26H30N2OS3/c1-29-20-12-10-18(11-13-20)22-15-24(19-7-3-2-4-8-19)32-26(14-6-5-9-23(22)26)30-17-21-16-28-25(27)31-21/h2-4,7-8,10-13,15,21-23H,5-6,9,14,16-17H2,1H3,(H2,27,28)/t21-,22+,23+,26-/m1/s1. The number of hydrogen-bond acceptors (Lipinski definition) is 6. The molecule has 1 fully saturated rings. The van der Waals surface area contributed by atoms with E-state index in [-0.39, 0.29) is 4.08 Å². The smallest absolute Gasteiger partial charge is 0.154 e. The summed E-state index contributed by atoms with van der Waals surface area (Å²) in [5.41, 5.74) is 8.70. The Morgan fingerprint density at radius 2 is 1.94 bits per heavy atom. The fourth-order valence-electron chi connectivity index (χ4n) is 5.10. The number of benzene rings is 2. The van der Waals surface area contributed by atoms with Gasteiger partial charge < -0.3 is 10.5 Å². The Balaban J connectivity index is 1.50. The molecule has 0 unspecified atom stereocenters. The van der Waals surface area contributed by atoms with E-state index in [4.69, 9.17) is 10.5 Å². The van der Waals surface area contributed by atoms with E-state index in [0.29, 0.717) is 17.1 Å². The summed E-state index contributed by atoms with van der Waals surface area (Å²) in [6.45, 7) is 0.859. The van der Waals surface area contributed by atoms with Gasteiger partial charge in [0.15, 0.2) is 5.17 Å². The quantitative estimate of drug-likeness (QED) is 0.501. The Kier molecular flexibility index (Phi) is 6.81. The molecule has 6 heteroatoms. The molecule has 2 heterocycles. The third-order valence-corrected chi connectivity index (χ3v) is 11.6. The lowest BCUT2D eigenvalue weighted by atomic mass is 9.75. The van der Waals surface area contributed by atoms with Crippen molar-refractivity contribution < 1.29 is 4.74 Å². The van der Waals surface area contributed by atoms with Crippen molar-refractivity contribution in [2.24, 2.45) is 16.6 Å². The highest BCUT2D eigenvalue weighted by Crippen LogP contribution is 2.63. The molecule has 5 rings (SSSR count).